The largest absolute Gasteiger partial charge is 0.0533 e. The molecule has 15 rings (SSSR count). The summed E-state index contributed by atoms with van der Waals surface area (Å²) in [5, 5.41) is 0. The van der Waals surface area contributed by atoms with E-state index in [0.717, 1.165) is 166 Å². The first kappa shape index (κ1) is 54.6. The first-order chi connectivity index (χ1) is 38.7. The highest BCUT2D eigenvalue weighted by Gasteiger charge is 2.66. The number of hydrogen-bond acceptors (Lipinski definition) is 0. The second kappa shape index (κ2) is 24.8. The van der Waals surface area contributed by atoms with Crippen LogP contribution in [0.2, 0.25) is 0 Å². The molecule has 0 bridgehead atoms. The average molecular weight is 1070 g/mol. The van der Waals surface area contributed by atoms with Crippen molar-refractivity contribution in [3.63, 3.8) is 0 Å². The second-order valence-corrected chi connectivity index (χ2v) is 34.8. The minimum absolute atomic E-state index is 1.08. The standard InChI is InChI=1S/C78H128/c1-5-25-55(26-6-1)75-71(63-41-37-51-21-13-17-33-59(51)45-63)67-49-69-70(50-68(67)72(76(75)56-27-7-2-8-28-56)64-42-38-52-22-14-18-34-60(52)46-64)74(66-44-40-54-24-16-20-36-62(54)48-66)78(58-31-11-4-12-32-58)77(57-29-9-3-10-30-57)73(69)65-43-39-53-23-15-19-35-61(53)47-65/h51-78H,1-50H2. The summed E-state index contributed by atoms with van der Waals surface area (Å²) in [5.41, 5.74) is 0. The molecule has 0 nitrogen and oxygen atoms in total. The molecule has 440 valence electrons. The van der Waals surface area contributed by atoms with Crippen molar-refractivity contribution in [1.82, 2.24) is 0 Å². The number of hydrogen-bond donors (Lipinski definition) is 0. The summed E-state index contributed by atoms with van der Waals surface area (Å²) in [7, 11) is 0. The average Bonchev–Trinajstić information content (AvgIpc) is 3.30. The van der Waals surface area contributed by atoms with Gasteiger partial charge in [-0.25, -0.2) is 0 Å². The molecule has 78 heavy (non-hydrogen) atoms. The maximum absolute atomic E-state index is 1.80. The Labute approximate surface area is 484 Å². The predicted molar refractivity (Wildman–Crippen MR) is 329 cm³/mol. The van der Waals surface area contributed by atoms with E-state index in [-0.39, 0.29) is 0 Å². The van der Waals surface area contributed by atoms with Gasteiger partial charge in [0.2, 0.25) is 0 Å². The van der Waals surface area contributed by atoms with Crippen molar-refractivity contribution in [1.29, 1.82) is 0 Å². The topological polar surface area (TPSA) is 0 Å². The summed E-state index contributed by atoms with van der Waals surface area (Å²) in [6.45, 7) is 0. The summed E-state index contributed by atoms with van der Waals surface area (Å²) < 4.78 is 0. The van der Waals surface area contributed by atoms with Crippen molar-refractivity contribution in [3.05, 3.63) is 0 Å². The first-order valence-corrected chi connectivity index (χ1v) is 38.7. The van der Waals surface area contributed by atoms with Crippen molar-refractivity contribution >= 4 is 0 Å². The Morgan fingerprint density at radius 2 is 0.269 bits per heavy atom. The summed E-state index contributed by atoms with van der Waals surface area (Å²) in [6, 6.07) is 0. The molecular weight excluding hydrogens is 937 g/mol. The van der Waals surface area contributed by atoms with Gasteiger partial charge in [0.25, 0.3) is 0 Å². The van der Waals surface area contributed by atoms with Crippen LogP contribution in [0.5, 0.6) is 0 Å². The van der Waals surface area contributed by atoms with Gasteiger partial charge in [-0.1, -0.05) is 231 Å². The van der Waals surface area contributed by atoms with Crippen LogP contribution in [-0.4, -0.2) is 0 Å². The molecule has 0 amide bonds. The van der Waals surface area contributed by atoms with Gasteiger partial charge in [-0.3, -0.25) is 0 Å². The molecule has 0 aromatic carbocycles. The number of rotatable bonds is 8. The maximum atomic E-state index is 1.80. The molecule has 24 unspecified atom stereocenters. The van der Waals surface area contributed by atoms with E-state index in [9.17, 15) is 0 Å². The van der Waals surface area contributed by atoms with Crippen molar-refractivity contribution in [3.8, 4) is 0 Å². The van der Waals surface area contributed by atoms with Gasteiger partial charge in [-0.15, -0.1) is 0 Å². The molecule has 0 radical (unpaired) electrons. The van der Waals surface area contributed by atoms with E-state index in [1.54, 1.807) is 321 Å². The van der Waals surface area contributed by atoms with Crippen LogP contribution in [0.1, 0.15) is 321 Å². The van der Waals surface area contributed by atoms with Gasteiger partial charge in [0, 0.05) is 0 Å². The molecule has 0 aromatic heterocycles. The van der Waals surface area contributed by atoms with E-state index in [4.69, 9.17) is 0 Å². The fraction of sp³-hybridized carbons (Fsp3) is 1.00. The van der Waals surface area contributed by atoms with Gasteiger partial charge in [0.05, 0.1) is 0 Å². The normalized spacial score (nSPS) is 51.4. The summed E-state index contributed by atoms with van der Waals surface area (Å²) in [4.78, 5) is 0. The minimum Gasteiger partial charge on any atom is -0.0533 e. The lowest BCUT2D eigenvalue weighted by molar-refractivity contribution is -0.208. The molecule has 15 saturated carbocycles. The van der Waals surface area contributed by atoms with Crippen LogP contribution in [0, 0.1) is 166 Å². The van der Waals surface area contributed by atoms with Gasteiger partial charge in [0.1, 0.15) is 0 Å². The van der Waals surface area contributed by atoms with E-state index in [1.807, 2.05) is 0 Å². The summed E-state index contributed by atoms with van der Waals surface area (Å²) in [6.07, 6.45) is 81.6. The lowest BCUT2D eigenvalue weighted by Gasteiger charge is -2.69. The summed E-state index contributed by atoms with van der Waals surface area (Å²) >= 11 is 0. The highest BCUT2D eigenvalue weighted by Crippen LogP contribution is 2.73. The monoisotopic (exact) mass is 1070 g/mol. The third kappa shape index (κ3) is 10.7. The zero-order valence-corrected chi connectivity index (χ0v) is 51.5. The van der Waals surface area contributed by atoms with Gasteiger partial charge in [-0.2, -0.15) is 0 Å². The minimum atomic E-state index is 1.08. The Bertz CT molecular complexity index is 1600. The van der Waals surface area contributed by atoms with Crippen LogP contribution in [0.25, 0.3) is 0 Å². The molecule has 15 fully saturated rings. The molecule has 15 aliphatic rings. The summed E-state index contributed by atoms with van der Waals surface area (Å²) in [5.74, 6) is 30.7. The van der Waals surface area contributed by atoms with Crippen LogP contribution < -0.4 is 0 Å². The van der Waals surface area contributed by atoms with Crippen molar-refractivity contribution in [2.75, 3.05) is 0 Å². The second-order valence-electron chi connectivity index (χ2n) is 34.8. The van der Waals surface area contributed by atoms with Crippen LogP contribution >= 0.6 is 0 Å². The zero-order valence-electron chi connectivity index (χ0n) is 51.5. The smallest absolute Gasteiger partial charge is 0.0318 e. The quantitative estimate of drug-likeness (QED) is 0.227. The van der Waals surface area contributed by atoms with Gasteiger partial charge >= 0.3 is 0 Å². The third-order valence-electron chi connectivity index (χ3n) is 32.1. The van der Waals surface area contributed by atoms with Gasteiger partial charge in [0.15, 0.2) is 0 Å². The molecule has 0 saturated heterocycles. The Morgan fingerprint density at radius 3 is 0.487 bits per heavy atom. The van der Waals surface area contributed by atoms with Crippen molar-refractivity contribution in [2.45, 2.75) is 321 Å². The molecule has 0 N–H and O–H groups in total. The molecule has 0 heteroatoms. The van der Waals surface area contributed by atoms with E-state index in [2.05, 4.69) is 0 Å². The lowest BCUT2D eigenvalue weighted by Crippen LogP contribution is -2.63. The van der Waals surface area contributed by atoms with E-state index < -0.39 is 0 Å². The maximum Gasteiger partial charge on any atom is -0.0318 e. The highest BCUT2D eigenvalue weighted by atomic mass is 14.7. The molecule has 15 aliphatic carbocycles. The van der Waals surface area contributed by atoms with Crippen molar-refractivity contribution < 1.29 is 0 Å². The Balaban J connectivity index is 0.906. The van der Waals surface area contributed by atoms with Crippen LogP contribution in [0.15, 0.2) is 0 Å². The Kier molecular flexibility index (Phi) is 17.4. The number of fused-ring (bicyclic) bond motifs is 6. The highest BCUT2D eigenvalue weighted by molar-refractivity contribution is 5.14. The van der Waals surface area contributed by atoms with E-state index in [1.165, 1.54) is 0 Å². The molecule has 0 spiro atoms. The first-order valence-electron chi connectivity index (χ1n) is 38.7. The predicted octanol–water partition coefficient (Wildman–Crippen LogP) is 22.9. The molecule has 0 aliphatic heterocycles. The lowest BCUT2D eigenvalue weighted by atomic mass is 9.36. The van der Waals surface area contributed by atoms with Gasteiger partial charge < -0.3 is 0 Å². The fourth-order valence-corrected chi connectivity index (χ4v) is 29.5. The van der Waals surface area contributed by atoms with Crippen LogP contribution in [-0.2, 0) is 0 Å². The van der Waals surface area contributed by atoms with Gasteiger partial charge in [-0.05, 0) is 256 Å². The van der Waals surface area contributed by atoms with Crippen LogP contribution in [0.4, 0.5) is 0 Å². The molecule has 0 heterocycles. The third-order valence-corrected chi connectivity index (χ3v) is 32.1. The zero-order chi connectivity index (χ0) is 51.5. The van der Waals surface area contributed by atoms with Crippen molar-refractivity contribution in [2.24, 2.45) is 166 Å². The molecule has 0 aromatic rings. The molecular formula is C78H128. The Morgan fingerprint density at radius 1 is 0.103 bits per heavy atom. The Hall–Kier alpha value is 0. The fourth-order valence-electron chi connectivity index (χ4n) is 29.5. The SMILES string of the molecule is C1CCC(C2C(C3CCC4CCCCC4C3)C3CC4C(CC3C(C3CCC5CCCCC5C3)C2C2CCCCC2)C(C2CCC3CCCCC3C2)C(C2CCCCC2)C(C2CCCCC2)C4C2CCC3CCCCC3C2)CC1. The molecule has 24 atom stereocenters. The van der Waals surface area contributed by atoms with Crippen LogP contribution in [0.3, 0.4) is 0 Å². The van der Waals surface area contributed by atoms with E-state index >= 15 is 0 Å². The van der Waals surface area contributed by atoms with E-state index in [0.29, 0.717) is 0 Å².